The van der Waals surface area contributed by atoms with Crippen molar-refractivity contribution in [3.8, 4) is 11.5 Å². The number of sulfone groups is 1. The number of hydrogen-bond acceptors (Lipinski definition) is 6. The zero-order valence-corrected chi connectivity index (χ0v) is 18.1. The maximum absolute atomic E-state index is 12.8. The van der Waals surface area contributed by atoms with Gasteiger partial charge in [-0.15, -0.1) is 11.3 Å². The maximum atomic E-state index is 12.8. The van der Waals surface area contributed by atoms with Gasteiger partial charge in [0.2, 0.25) is 5.91 Å². The van der Waals surface area contributed by atoms with Gasteiger partial charge in [0.15, 0.2) is 15.7 Å². The van der Waals surface area contributed by atoms with Gasteiger partial charge in [-0.05, 0) is 36.8 Å². The SMILES string of the molecule is CC(NC(=O)Cn1c(-c2cscn2)nc2ccccc21)c1ccc(S(C)(=O)=O)cc1. The van der Waals surface area contributed by atoms with Gasteiger partial charge in [-0.1, -0.05) is 24.3 Å². The van der Waals surface area contributed by atoms with Crippen molar-refractivity contribution in [3.63, 3.8) is 0 Å². The van der Waals surface area contributed by atoms with Crippen LogP contribution in [0.3, 0.4) is 0 Å². The number of thiazole rings is 1. The van der Waals surface area contributed by atoms with E-state index in [9.17, 15) is 13.2 Å². The smallest absolute Gasteiger partial charge is 0.240 e. The molecule has 4 aromatic rings. The number of aromatic nitrogens is 3. The second-order valence-electron chi connectivity index (χ2n) is 7.01. The molecule has 7 nitrogen and oxygen atoms in total. The number of para-hydroxylation sites is 2. The Labute approximate surface area is 178 Å². The number of nitrogens with one attached hydrogen (secondary N) is 1. The Morgan fingerprint density at radius 1 is 1.17 bits per heavy atom. The van der Waals surface area contributed by atoms with Gasteiger partial charge in [0, 0.05) is 11.6 Å². The first-order chi connectivity index (χ1) is 14.3. The number of amides is 1. The van der Waals surface area contributed by atoms with Crippen molar-refractivity contribution in [2.24, 2.45) is 0 Å². The van der Waals surface area contributed by atoms with Crippen LogP contribution in [-0.4, -0.2) is 35.1 Å². The Morgan fingerprint density at radius 3 is 2.57 bits per heavy atom. The van der Waals surface area contributed by atoms with E-state index in [1.54, 1.807) is 29.8 Å². The monoisotopic (exact) mass is 440 g/mol. The van der Waals surface area contributed by atoms with Crippen LogP contribution in [0.25, 0.3) is 22.6 Å². The maximum Gasteiger partial charge on any atom is 0.240 e. The van der Waals surface area contributed by atoms with Crippen LogP contribution in [-0.2, 0) is 21.2 Å². The molecule has 30 heavy (non-hydrogen) atoms. The zero-order chi connectivity index (χ0) is 21.3. The zero-order valence-electron chi connectivity index (χ0n) is 16.4. The van der Waals surface area contributed by atoms with Crippen molar-refractivity contribution in [1.29, 1.82) is 0 Å². The fraction of sp³-hybridized carbons (Fsp3) is 0.190. The van der Waals surface area contributed by atoms with Crippen molar-refractivity contribution in [2.75, 3.05) is 6.26 Å². The van der Waals surface area contributed by atoms with Crippen LogP contribution in [0.1, 0.15) is 18.5 Å². The van der Waals surface area contributed by atoms with E-state index in [0.717, 1.165) is 22.3 Å². The predicted molar refractivity (Wildman–Crippen MR) is 117 cm³/mol. The summed E-state index contributed by atoms with van der Waals surface area (Å²) in [5.74, 6) is 0.479. The first kappa shape index (κ1) is 20.2. The highest BCUT2D eigenvalue weighted by Gasteiger charge is 2.18. The highest BCUT2D eigenvalue weighted by Crippen LogP contribution is 2.25. The number of benzene rings is 2. The predicted octanol–water partition coefficient (Wildman–Crippen LogP) is 3.44. The van der Waals surface area contributed by atoms with E-state index in [4.69, 9.17) is 0 Å². The van der Waals surface area contributed by atoms with Gasteiger partial charge >= 0.3 is 0 Å². The fourth-order valence-corrected chi connectivity index (χ4v) is 4.43. The first-order valence-corrected chi connectivity index (χ1v) is 12.1. The average molecular weight is 441 g/mol. The van der Waals surface area contributed by atoms with Crippen LogP contribution >= 0.6 is 11.3 Å². The number of nitrogens with zero attached hydrogens (tertiary/aromatic N) is 3. The minimum atomic E-state index is -3.25. The Kier molecular flexibility index (Phi) is 5.40. The van der Waals surface area contributed by atoms with Crippen LogP contribution in [0.15, 0.2) is 64.3 Å². The van der Waals surface area contributed by atoms with Gasteiger partial charge < -0.3 is 9.88 Å². The number of fused-ring (bicyclic) bond motifs is 1. The molecule has 2 heterocycles. The molecule has 2 aromatic heterocycles. The second-order valence-corrected chi connectivity index (χ2v) is 9.75. The van der Waals surface area contributed by atoms with E-state index >= 15 is 0 Å². The van der Waals surface area contributed by atoms with Gasteiger partial charge in [0.05, 0.1) is 27.5 Å². The molecule has 0 spiro atoms. The van der Waals surface area contributed by atoms with Gasteiger partial charge in [-0.25, -0.2) is 18.4 Å². The lowest BCUT2D eigenvalue weighted by Gasteiger charge is -2.16. The first-order valence-electron chi connectivity index (χ1n) is 9.26. The Bertz CT molecular complexity index is 1290. The van der Waals surface area contributed by atoms with E-state index in [-0.39, 0.29) is 23.4 Å². The van der Waals surface area contributed by atoms with Crippen LogP contribution in [0.5, 0.6) is 0 Å². The topological polar surface area (TPSA) is 93.9 Å². The number of hydrogen-bond donors (Lipinski definition) is 1. The number of imidazole rings is 1. The Morgan fingerprint density at radius 2 is 1.90 bits per heavy atom. The minimum absolute atomic E-state index is 0.0964. The lowest BCUT2D eigenvalue weighted by atomic mass is 10.1. The van der Waals surface area contributed by atoms with Crippen LogP contribution in [0, 0.1) is 0 Å². The number of carbonyl (C=O) groups is 1. The molecule has 2 aromatic carbocycles. The number of carbonyl (C=O) groups excluding carboxylic acids is 1. The molecule has 0 saturated heterocycles. The van der Waals surface area contributed by atoms with Crippen molar-refractivity contribution in [1.82, 2.24) is 19.9 Å². The summed E-state index contributed by atoms with van der Waals surface area (Å²) in [4.78, 5) is 22.1. The van der Waals surface area contributed by atoms with E-state index in [2.05, 4.69) is 15.3 Å². The highest BCUT2D eigenvalue weighted by atomic mass is 32.2. The summed E-state index contributed by atoms with van der Waals surface area (Å²) in [5, 5.41) is 4.88. The Balaban J connectivity index is 1.56. The normalized spacial score (nSPS) is 12.7. The van der Waals surface area contributed by atoms with Crippen LogP contribution in [0.4, 0.5) is 0 Å². The third kappa shape index (κ3) is 4.12. The largest absolute Gasteiger partial charge is 0.348 e. The molecule has 1 amide bonds. The van der Waals surface area contributed by atoms with E-state index < -0.39 is 9.84 Å². The standard InChI is InChI=1S/C21H20N4O3S2/c1-14(15-7-9-16(10-8-15)30(2,27)28)23-20(26)11-25-19-6-4-3-5-17(19)24-21(25)18-12-29-13-22-18/h3-10,12-14H,11H2,1-2H3,(H,23,26). The summed E-state index contributed by atoms with van der Waals surface area (Å²) in [6, 6.07) is 13.9. The van der Waals surface area contributed by atoms with E-state index in [1.165, 1.54) is 17.6 Å². The third-order valence-corrected chi connectivity index (χ3v) is 6.52. The van der Waals surface area contributed by atoms with E-state index in [0.29, 0.717) is 5.82 Å². The lowest BCUT2D eigenvalue weighted by molar-refractivity contribution is -0.122. The molecular formula is C21H20N4O3S2. The minimum Gasteiger partial charge on any atom is -0.348 e. The van der Waals surface area contributed by atoms with E-state index in [1.807, 2.05) is 41.1 Å². The summed E-state index contributed by atoms with van der Waals surface area (Å²) in [5.41, 5.74) is 4.96. The quantitative estimate of drug-likeness (QED) is 0.496. The summed E-state index contributed by atoms with van der Waals surface area (Å²) < 4.78 is 25.1. The van der Waals surface area contributed by atoms with Crippen molar-refractivity contribution in [3.05, 3.63) is 65.0 Å². The summed E-state index contributed by atoms with van der Waals surface area (Å²) in [6.07, 6.45) is 1.17. The second kappa shape index (κ2) is 8.00. The van der Waals surface area contributed by atoms with Crippen LogP contribution < -0.4 is 5.32 Å². The van der Waals surface area contributed by atoms with Crippen molar-refractivity contribution < 1.29 is 13.2 Å². The molecule has 0 aliphatic rings. The van der Waals surface area contributed by atoms with Crippen molar-refractivity contribution >= 4 is 38.1 Å². The van der Waals surface area contributed by atoms with Gasteiger partial charge in [-0.3, -0.25) is 4.79 Å². The van der Waals surface area contributed by atoms with Gasteiger partial charge in [-0.2, -0.15) is 0 Å². The molecular weight excluding hydrogens is 420 g/mol. The Hall–Kier alpha value is -3.04. The van der Waals surface area contributed by atoms with Gasteiger partial charge in [0.25, 0.3) is 0 Å². The molecule has 0 saturated carbocycles. The molecule has 0 aliphatic heterocycles. The average Bonchev–Trinajstić information content (AvgIpc) is 3.36. The summed E-state index contributed by atoms with van der Waals surface area (Å²) >= 11 is 1.47. The van der Waals surface area contributed by atoms with Gasteiger partial charge in [0.1, 0.15) is 12.2 Å². The molecule has 4 rings (SSSR count). The summed E-state index contributed by atoms with van der Waals surface area (Å²) in [7, 11) is -3.25. The molecule has 1 unspecified atom stereocenters. The molecule has 0 fully saturated rings. The lowest BCUT2D eigenvalue weighted by Crippen LogP contribution is -2.30. The number of rotatable bonds is 6. The van der Waals surface area contributed by atoms with Crippen molar-refractivity contribution in [2.45, 2.75) is 24.4 Å². The molecule has 1 atom stereocenters. The molecule has 0 bridgehead atoms. The van der Waals surface area contributed by atoms with Crippen LogP contribution in [0.2, 0.25) is 0 Å². The third-order valence-electron chi connectivity index (χ3n) is 4.80. The molecule has 9 heteroatoms. The molecule has 0 radical (unpaired) electrons. The molecule has 1 N–H and O–H groups in total. The fourth-order valence-electron chi connectivity index (χ4n) is 3.27. The highest BCUT2D eigenvalue weighted by molar-refractivity contribution is 7.90. The molecule has 0 aliphatic carbocycles. The molecule has 154 valence electrons. The summed E-state index contributed by atoms with van der Waals surface area (Å²) in [6.45, 7) is 1.96.